The van der Waals surface area contributed by atoms with Gasteiger partial charge in [0.1, 0.15) is 0 Å². The van der Waals surface area contributed by atoms with Crippen molar-refractivity contribution in [1.82, 2.24) is 14.8 Å². The molecule has 0 bridgehead atoms. The van der Waals surface area contributed by atoms with Crippen LogP contribution in [0.4, 0.5) is 26.3 Å². The van der Waals surface area contributed by atoms with Crippen molar-refractivity contribution in [3.05, 3.63) is 30.1 Å². The number of fused-ring (bicyclic) bond motifs is 1. The maximum atomic E-state index is 12.9. The standard InChI is InChI=1S/C17H23N3O3.2C2HF3O2/c21-17(13-3-5-18-6-4-13)20-12-15(19-7-10-22-11-8-19)16-14(20)2-1-9-23-16;2*3-2(4,5)1(6)7/h3-6,14-16H,1-2,7-12H2;2*(H,6,7)/t14-,15-,16+;;/m0../s1. The fraction of sp³-hybridized carbons (Fsp3) is 0.619. The summed E-state index contributed by atoms with van der Waals surface area (Å²) in [7, 11) is 0. The SMILES string of the molecule is O=C(O)C(F)(F)F.O=C(O)C(F)(F)F.O=C(c1ccncc1)N1C[C@H](N2CCOCC2)[C@@H]2OCCC[C@@H]21. The molecule has 0 aliphatic carbocycles. The minimum absolute atomic E-state index is 0.101. The highest BCUT2D eigenvalue weighted by Gasteiger charge is 2.48. The minimum Gasteiger partial charge on any atom is -0.475 e. The first-order valence-corrected chi connectivity index (χ1v) is 11.0. The quantitative estimate of drug-likeness (QED) is 0.537. The van der Waals surface area contributed by atoms with E-state index in [2.05, 4.69) is 9.88 Å². The largest absolute Gasteiger partial charge is 0.490 e. The van der Waals surface area contributed by atoms with Crippen LogP contribution in [0.15, 0.2) is 24.5 Å². The average molecular weight is 545 g/mol. The lowest BCUT2D eigenvalue weighted by Gasteiger charge is -2.37. The summed E-state index contributed by atoms with van der Waals surface area (Å²) < 4.78 is 75.0. The third kappa shape index (κ3) is 8.82. The van der Waals surface area contributed by atoms with Crippen LogP contribution in [-0.2, 0) is 19.1 Å². The number of rotatable bonds is 2. The van der Waals surface area contributed by atoms with E-state index in [0.717, 1.165) is 52.3 Å². The zero-order chi connectivity index (χ0) is 27.8. The lowest BCUT2D eigenvalue weighted by atomic mass is 9.99. The molecule has 3 aliphatic rings. The van der Waals surface area contributed by atoms with Crippen LogP contribution in [0.2, 0.25) is 0 Å². The number of hydrogen-bond acceptors (Lipinski definition) is 7. The van der Waals surface area contributed by atoms with Gasteiger partial charge in [0.25, 0.3) is 5.91 Å². The summed E-state index contributed by atoms with van der Waals surface area (Å²) in [5, 5.41) is 14.2. The van der Waals surface area contributed by atoms with Crippen LogP contribution < -0.4 is 0 Å². The summed E-state index contributed by atoms with van der Waals surface area (Å²) in [4.78, 5) is 39.2. The molecule has 0 unspecified atom stereocenters. The lowest BCUT2D eigenvalue weighted by Crippen LogP contribution is -2.51. The van der Waals surface area contributed by atoms with Gasteiger partial charge in [-0.25, -0.2) is 9.59 Å². The van der Waals surface area contributed by atoms with E-state index in [1.54, 1.807) is 24.5 Å². The predicted octanol–water partition coefficient (Wildman–Crippen LogP) is 2.05. The molecule has 0 radical (unpaired) electrons. The van der Waals surface area contributed by atoms with Gasteiger partial charge in [-0.15, -0.1) is 0 Å². The molecule has 0 saturated carbocycles. The predicted molar refractivity (Wildman–Crippen MR) is 112 cm³/mol. The summed E-state index contributed by atoms with van der Waals surface area (Å²) in [6, 6.07) is 4.07. The smallest absolute Gasteiger partial charge is 0.475 e. The molecule has 37 heavy (non-hydrogen) atoms. The van der Waals surface area contributed by atoms with Gasteiger partial charge in [-0.1, -0.05) is 0 Å². The second-order valence-corrected chi connectivity index (χ2v) is 8.06. The van der Waals surface area contributed by atoms with E-state index < -0.39 is 24.3 Å². The molecular weight excluding hydrogens is 520 g/mol. The second-order valence-electron chi connectivity index (χ2n) is 8.06. The molecule has 1 amide bonds. The normalized spacial score (nSPS) is 24.1. The molecule has 4 rings (SSSR count). The van der Waals surface area contributed by atoms with Crippen molar-refractivity contribution in [1.29, 1.82) is 0 Å². The Morgan fingerprint density at radius 3 is 1.89 bits per heavy atom. The average Bonchev–Trinajstić information content (AvgIpc) is 3.24. The number of aliphatic carboxylic acids is 2. The lowest BCUT2D eigenvalue weighted by molar-refractivity contribution is -0.193. The molecule has 208 valence electrons. The molecule has 2 N–H and O–H groups in total. The van der Waals surface area contributed by atoms with Gasteiger partial charge in [0.2, 0.25) is 0 Å². The molecule has 4 heterocycles. The summed E-state index contributed by atoms with van der Waals surface area (Å²) in [5.41, 5.74) is 0.715. The van der Waals surface area contributed by atoms with Gasteiger partial charge in [-0.3, -0.25) is 14.7 Å². The fourth-order valence-corrected chi connectivity index (χ4v) is 4.05. The van der Waals surface area contributed by atoms with Gasteiger partial charge < -0.3 is 24.6 Å². The number of ether oxygens (including phenoxy) is 2. The third-order valence-electron chi connectivity index (χ3n) is 5.68. The van der Waals surface area contributed by atoms with E-state index in [4.69, 9.17) is 29.3 Å². The number of carbonyl (C=O) groups excluding carboxylic acids is 1. The van der Waals surface area contributed by atoms with Crippen molar-refractivity contribution in [2.75, 3.05) is 39.5 Å². The van der Waals surface area contributed by atoms with Crippen LogP contribution >= 0.6 is 0 Å². The number of aromatic nitrogens is 1. The molecular formula is C21H25F6N3O7. The van der Waals surface area contributed by atoms with E-state index in [1.165, 1.54) is 0 Å². The third-order valence-corrected chi connectivity index (χ3v) is 5.68. The molecule has 0 spiro atoms. The monoisotopic (exact) mass is 545 g/mol. The van der Waals surface area contributed by atoms with E-state index in [9.17, 15) is 31.1 Å². The number of hydrogen-bond donors (Lipinski definition) is 2. The number of pyridine rings is 1. The maximum absolute atomic E-state index is 12.9. The topological polar surface area (TPSA) is 129 Å². The Hall–Kier alpha value is -2.98. The first-order valence-electron chi connectivity index (χ1n) is 11.0. The Morgan fingerprint density at radius 1 is 0.892 bits per heavy atom. The Bertz CT molecular complexity index is 886. The van der Waals surface area contributed by atoms with Gasteiger partial charge in [0, 0.05) is 44.2 Å². The minimum atomic E-state index is -5.08. The van der Waals surface area contributed by atoms with Crippen LogP contribution in [0.25, 0.3) is 0 Å². The van der Waals surface area contributed by atoms with Crippen molar-refractivity contribution in [3.8, 4) is 0 Å². The van der Waals surface area contributed by atoms with E-state index >= 15 is 0 Å². The fourth-order valence-electron chi connectivity index (χ4n) is 4.05. The molecule has 0 aromatic carbocycles. The Morgan fingerprint density at radius 2 is 1.41 bits per heavy atom. The van der Waals surface area contributed by atoms with Crippen LogP contribution in [0.5, 0.6) is 0 Å². The second kappa shape index (κ2) is 13.0. The Labute approximate surface area is 206 Å². The zero-order valence-electron chi connectivity index (χ0n) is 19.2. The van der Waals surface area contributed by atoms with E-state index in [-0.39, 0.29) is 24.1 Å². The highest BCUT2D eigenvalue weighted by atomic mass is 19.4. The number of alkyl halides is 6. The van der Waals surface area contributed by atoms with E-state index in [1.807, 2.05) is 4.90 Å². The van der Waals surface area contributed by atoms with Crippen molar-refractivity contribution >= 4 is 17.8 Å². The number of carboxylic acids is 2. The first kappa shape index (κ1) is 30.2. The summed E-state index contributed by atoms with van der Waals surface area (Å²) in [5.74, 6) is -5.41. The van der Waals surface area contributed by atoms with E-state index in [0.29, 0.717) is 5.56 Å². The molecule has 10 nitrogen and oxygen atoms in total. The zero-order valence-corrected chi connectivity index (χ0v) is 19.2. The number of amides is 1. The Kier molecular flexibility index (Phi) is 10.6. The molecule has 3 aliphatic heterocycles. The number of carbonyl (C=O) groups is 3. The number of nitrogens with zero attached hydrogens (tertiary/aromatic N) is 3. The van der Waals surface area contributed by atoms with Gasteiger partial charge in [-0.05, 0) is 25.0 Å². The van der Waals surface area contributed by atoms with Gasteiger partial charge >= 0.3 is 24.3 Å². The Balaban J connectivity index is 0.000000286. The van der Waals surface area contributed by atoms with Crippen LogP contribution in [0, 0.1) is 0 Å². The van der Waals surface area contributed by atoms with Crippen molar-refractivity contribution in [2.45, 2.75) is 43.4 Å². The van der Waals surface area contributed by atoms with Gasteiger partial charge in [0.15, 0.2) is 0 Å². The van der Waals surface area contributed by atoms with Crippen LogP contribution in [0.1, 0.15) is 23.2 Å². The number of halogens is 6. The van der Waals surface area contributed by atoms with Gasteiger partial charge in [-0.2, -0.15) is 26.3 Å². The molecule has 1 aromatic rings. The highest BCUT2D eigenvalue weighted by Crippen LogP contribution is 2.33. The van der Waals surface area contributed by atoms with Crippen molar-refractivity contribution in [3.63, 3.8) is 0 Å². The maximum Gasteiger partial charge on any atom is 0.490 e. The summed E-state index contributed by atoms with van der Waals surface area (Å²) in [6.45, 7) is 4.94. The van der Waals surface area contributed by atoms with Crippen LogP contribution in [-0.4, -0.2) is 113 Å². The highest BCUT2D eigenvalue weighted by molar-refractivity contribution is 5.94. The molecule has 16 heteroatoms. The van der Waals surface area contributed by atoms with Gasteiger partial charge in [0.05, 0.1) is 31.4 Å². The van der Waals surface area contributed by atoms with Crippen LogP contribution in [0.3, 0.4) is 0 Å². The molecule has 3 atom stereocenters. The summed E-state index contributed by atoms with van der Waals surface area (Å²) >= 11 is 0. The van der Waals surface area contributed by atoms with Crippen molar-refractivity contribution < 1.29 is 60.4 Å². The van der Waals surface area contributed by atoms with Crippen molar-refractivity contribution in [2.24, 2.45) is 0 Å². The summed E-state index contributed by atoms with van der Waals surface area (Å²) in [6.07, 6.45) is -4.62. The number of likely N-dealkylation sites (tertiary alicyclic amines) is 1. The number of carboxylic acid groups (broad SMARTS) is 2. The first-order chi connectivity index (χ1) is 17.2. The molecule has 1 aromatic heterocycles. The number of morpholine rings is 1. The molecule has 3 fully saturated rings. The molecule has 3 saturated heterocycles.